The highest BCUT2D eigenvalue weighted by atomic mass is 16.3. The Bertz CT molecular complexity index is 415. The maximum atomic E-state index is 5.14. The molecule has 0 saturated carbocycles. The number of hydrogen-bond acceptors (Lipinski definition) is 3. The van der Waals surface area contributed by atoms with Gasteiger partial charge in [-0.1, -0.05) is 6.07 Å². The van der Waals surface area contributed by atoms with E-state index in [2.05, 4.69) is 42.3 Å². The molecule has 0 aliphatic rings. The van der Waals surface area contributed by atoms with Crippen LogP contribution in [0.3, 0.4) is 0 Å². The average Bonchev–Trinajstić information content (AvgIpc) is 2.65. The standard InChI is InChI=1S/C12H14N2O/c1-9-3-10(2)5-11(4-9)14-7-12-6-13-8-15-12/h3-6,8,14H,7H2,1-2H3. The first-order valence-electron chi connectivity index (χ1n) is 4.93. The van der Waals surface area contributed by atoms with Crippen LogP contribution in [0.2, 0.25) is 0 Å². The van der Waals surface area contributed by atoms with Crippen LogP contribution in [-0.2, 0) is 6.54 Å². The van der Waals surface area contributed by atoms with E-state index in [0.717, 1.165) is 11.4 Å². The van der Waals surface area contributed by atoms with Gasteiger partial charge in [0.2, 0.25) is 0 Å². The molecule has 3 nitrogen and oxygen atoms in total. The summed E-state index contributed by atoms with van der Waals surface area (Å²) >= 11 is 0. The number of nitrogens with one attached hydrogen (secondary N) is 1. The van der Waals surface area contributed by atoms with Gasteiger partial charge in [0, 0.05) is 5.69 Å². The van der Waals surface area contributed by atoms with Gasteiger partial charge in [0.1, 0.15) is 5.76 Å². The molecule has 0 fully saturated rings. The summed E-state index contributed by atoms with van der Waals surface area (Å²) in [5.41, 5.74) is 3.63. The van der Waals surface area contributed by atoms with Crippen LogP contribution >= 0.6 is 0 Å². The normalized spacial score (nSPS) is 10.3. The van der Waals surface area contributed by atoms with Gasteiger partial charge in [0.05, 0.1) is 12.7 Å². The summed E-state index contributed by atoms with van der Waals surface area (Å²) in [6, 6.07) is 6.38. The summed E-state index contributed by atoms with van der Waals surface area (Å²) in [7, 11) is 0. The number of aromatic nitrogens is 1. The second-order valence-electron chi connectivity index (χ2n) is 3.70. The van der Waals surface area contributed by atoms with Crippen molar-refractivity contribution in [3.8, 4) is 0 Å². The third-order valence-corrected chi connectivity index (χ3v) is 2.17. The van der Waals surface area contributed by atoms with Crippen LogP contribution in [0, 0.1) is 13.8 Å². The zero-order valence-electron chi connectivity index (χ0n) is 8.95. The van der Waals surface area contributed by atoms with E-state index in [0.29, 0.717) is 6.54 Å². The Labute approximate surface area is 89.1 Å². The average molecular weight is 202 g/mol. The topological polar surface area (TPSA) is 38.1 Å². The third-order valence-electron chi connectivity index (χ3n) is 2.17. The molecule has 0 aliphatic carbocycles. The minimum Gasteiger partial charge on any atom is -0.447 e. The van der Waals surface area contributed by atoms with Gasteiger partial charge in [-0.3, -0.25) is 0 Å². The summed E-state index contributed by atoms with van der Waals surface area (Å²) in [6.45, 7) is 4.85. The second-order valence-corrected chi connectivity index (χ2v) is 3.70. The van der Waals surface area contributed by atoms with Crippen LogP contribution in [0.15, 0.2) is 35.2 Å². The zero-order valence-corrected chi connectivity index (χ0v) is 8.95. The maximum Gasteiger partial charge on any atom is 0.180 e. The Hall–Kier alpha value is -1.77. The van der Waals surface area contributed by atoms with Gasteiger partial charge >= 0.3 is 0 Å². The fourth-order valence-corrected chi connectivity index (χ4v) is 1.60. The summed E-state index contributed by atoms with van der Waals surface area (Å²) in [5.74, 6) is 0.842. The molecular formula is C12H14N2O. The van der Waals surface area contributed by atoms with E-state index in [4.69, 9.17) is 4.42 Å². The van der Waals surface area contributed by atoms with Crippen molar-refractivity contribution in [3.63, 3.8) is 0 Å². The van der Waals surface area contributed by atoms with E-state index < -0.39 is 0 Å². The first kappa shape index (κ1) is 9.77. The van der Waals surface area contributed by atoms with Crippen LogP contribution in [-0.4, -0.2) is 4.98 Å². The highest BCUT2D eigenvalue weighted by Gasteiger charge is 1.98. The van der Waals surface area contributed by atoms with E-state index >= 15 is 0 Å². The SMILES string of the molecule is Cc1cc(C)cc(NCc2cnco2)c1. The lowest BCUT2D eigenvalue weighted by atomic mass is 10.1. The molecule has 0 spiro atoms. The molecule has 0 aliphatic heterocycles. The quantitative estimate of drug-likeness (QED) is 0.831. The van der Waals surface area contributed by atoms with Crippen molar-refractivity contribution in [2.45, 2.75) is 20.4 Å². The van der Waals surface area contributed by atoms with Crippen LogP contribution in [0.5, 0.6) is 0 Å². The van der Waals surface area contributed by atoms with Gasteiger partial charge in [-0.2, -0.15) is 0 Å². The molecule has 2 aromatic rings. The van der Waals surface area contributed by atoms with E-state index in [1.165, 1.54) is 17.5 Å². The first-order valence-corrected chi connectivity index (χ1v) is 4.93. The maximum absolute atomic E-state index is 5.14. The number of hydrogen-bond donors (Lipinski definition) is 1. The molecule has 0 unspecified atom stereocenters. The van der Waals surface area contributed by atoms with Crippen molar-refractivity contribution < 1.29 is 4.42 Å². The Morgan fingerprint density at radius 2 is 1.93 bits per heavy atom. The molecule has 15 heavy (non-hydrogen) atoms. The molecule has 78 valence electrons. The highest BCUT2D eigenvalue weighted by Crippen LogP contribution is 2.14. The molecule has 1 aromatic heterocycles. The minimum absolute atomic E-state index is 0.670. The molecule has 2 rings (SSSR count). The number of nitrogens with zero attached hydrogens (tertiary/aromatic N) is 1. The second kappa shape index (κ2) is 4.17. The molecular weight excluding hydrogens is 188 g/mol. The van der Waals surface area contributed by atoms with Gasteiger partial charge < -0.3 is 9.73 Å². The van der Waals surface area contributed by atoms with Crippen LogP contribution in [0.1, 0.15) is 16.9 Å². The Kier molecular flexibility index (Phi) is 2.72. The smallest absolute Gasteiger partial charge is 0.180 e. The van der Waals surface area contributed by atoms with Gasteiger partial charge in [-0.25, -0.2) is 4.98 Å². The molecule has 1 N–H and O–H groups in total. The van der Waals surface area contributed by atoms with Crippen molar-refractivity contribution in [2.24, 2.45) is 0 Å². The largest absolute Gasteiger partial charge is 0.447 e. The number of oxazole rings is 1. The lowest BCUT2D eigenvalue weighted by Crippen LogP contribution is -1.98. The van der Waals surface area contributed by atoms with Gasteiger partial charge in [0.25, 0.3) is 0 Å². The van der Waals surface area contributed by atoms with E-state index in [1.807, 2.05) is 0 Å². The lowest BCUT2D eigenvalue weighted by Gasteiger charge is -2.06. The Morgan fingerprint density at radius 1 is 1.20 bits per heavy atom. The van der Waals surface area contributed by atoms with Gasteiger partial charge in [-0.15, -0.1) is 0 Å². The summed E-state index contributed by atoms with van der Waals surface area (Å²) < 4.78 is 5.14. The van der Waals surface area contributed by atoms with E-state index in [9.17, 15) is 0 Å². The predicted molar refractivity (Wildman–Crippen MR) is 59.7 cm³/mol. The van der Waals surface area contributed by atoms with Crippen molar-refractivity contribution >= 4 is 5.69 Å². The Morgan fingerprint density at radius 3 is 2.53 bits per heavy atom. The van der Waals surface area contributed by atoms with Crippen LogP contribution in [0.25, 0.3) is 0 Å². The van der Waals surface area contributed by atoms with Crippen molar-refractivity contribution in [1.29, 1.82) is 0 Å². The minimum atomic E-state index is 0.670. The number of rotatable bonds is 3. The predicted octanol–water partition coefficient (Wildman–Crippen LogP) is 2.90. The van der Waals surface area contributed by atoms with E-state index in [1.54, 1.807) is 6.20 Å². The third kappa shape index (κ3) is 2.59. The zero-order chi connectivity index (χ0) is 10.7. The molecule has 1 aromatic carbocycles. The van der Waals surface area contributed by atoms with Gasteiger partial charge in [-0.05, 0) is 37.1 Å². The molecule has 3 heteroatoms. The monoisotopic (exact) mass is 202 g/mol. The Balaban J connectivity index is 2.05. The fraction of sp³-hybridized carbons (Fsp3) is 0.250. The molecule has 0 saturated heterocycles. The molecule has 1 heterocycles. The lowest BCUT2D eigenvalue weighted by molar-refractivity contribution is 0.512. The van der Waals surface area contributed by atoms with Crippen molar-refractivity contribution in [1.82, 2.24) is 4.98 Å². The summed E-state index contributed by atoms with van der Waals surface area (Å²) in [4.78, 5) is 3.86. The van der Waals surface area contributed by atoms with Crippen molar-refractivity contribution in [2.75, 3.05) is 5.32 Å². The fourth-order valence-electron chi connectivity index (χ4n) is 1.60. The highest BCUT2D eigenvalue weighted by molar-refractivity contribution is 5.48. The number of anilines is 1. The van der Waals surface area contributed by atoms with E-state index in [-0.39, 0.29) is 0 Å². The molecule has 0 atom stereocenters. The van der Waals surface area contributed by atoms with Gasteiger partial charge in [0.15, 0.2) is 6.39 Å². The molecule has 0 radical (unpaired) electrons. The van der Waals surface area contributed by atoms with Crippen molar-refractivity contribution in [3.05, 3.63) is 47.7 Å². The number of benzene rings is 1. The number of aryl methyl sites for hydroxylation is 2. The first-order chi connectivity index (χ1) is 7.24. The summed E-state index contributed by atoms with van der Waals surface area (Å²) in [6.07, 6.45) is 3.16. The van der Waals surface area contributed by atoms with Crippen LogP contribution < -0.4 is 5.32 Å². The van der Waals surface area contributed by atoms with Crippen LogP contribution in [0.4, 0.5) is 5.69 Å². The molecule has 0 amide bonds. The summed E-state index contributed by atoms with van der Waals surface area (Å²) in [5, 5.41) is 3.29. The molecule has 0 bridgehead atoms.